The molecule has 4 aromatic rings. The van der Waals surface area contributed by atoms with Gasteiger partial charge in [0.25, 0.3) is 5.91 Å². The number of pyridine rings is 1. The molecule has 7 nitrogen and oxygen atoms in total. The van der Waals surface area contributed by atoms with Crippen LogP contribution in [-0.4, -0.2) is 37.6 Å². The number of nitrogens with zero attached hydrogens (tertiary/aromatic N) is 5. The molecule has 0 saturated carbocycles. The van der Waals surface area contributed by atoms with Crippen LogP contribution in [0.15, 0.2) is 92.3 Å². The van der Waals surface area contributed by atoms with Crippen LogP contribution in [0, 0.1) is 0 Å². The Morgan fingerprint density at radius 3 is 2.56 bits per heavy atom. The van der Waals surface area contributed by atoms with Crippen molar-refractivity contribution in [1.29, 1.82) is 0 Å². The fourth-order valence-electron chi connectivity index (χ4n) is 2.80. The van der Waals surface area contributed by atoms with Gasteiger partial charge in [0, 0.05) is 32.6 Å². The Kier molecular flexibility index (Phi) is 7.46. The number of nitrogens with one attached hydrogen (secondary N) is 1. The van der Waals surface area contributed by atoms with E-state index in [1.54, 1.807) is 18.6 Å². The lowest BCUT2D eigenvalue weighted by atomic mass is 10.2. The van der Waals surface area contributed by atoms with Crippen molar-refractivity contribution in [2.24, 2.45) is 5.10 Å². The zero-order chi connectivity index (χ0) is 22.3. The average Bonchev–Trinajstić information content (AvgIpc) is 3.23. The van der Waals surface area contributed by atoms with E-state index in [0.29, 0.717) is 11.0 Å². The highest BCUT2D eigenvalue weighted by molar-refractivity contribution is 9.10. The Hall–Kier alpha value is -2.82. The van der Waals surface area contributed by atoms with Crippen LogP contribution in [-0.2, 0) is 4.79 Å². The highest BCUT2D eigenvalue weighted by Crippen LogP contribution is 2.28. The summed E-state index contributed by atoms with van der Waals surface area (Å²) in [5.41, 5.74) is 5.20. The van der Waals surface area contributed by atoms with Crippen molar-refractivity contribution in [3.05, 3.63) is 87.6 Å². The molecule has 1 amide bonds. The molecule has 2 aromatic heterocycles. The van der Waals surface area contributed by atoms with Gasteiger partial charge in [-0.05, 0) is 54.1 Å². The predicted molar refractivity (Wildman–Crippen MR) is 133 cm³/mol. The fourth-order valence-corrected chi connectivity index (χ4v) is 4.23. The summed E-state index contributed by atoms with van der Waals surface area (Å²) in [4.78, 5) is 16.4. The Bertz CT molecular complexity index is 1250. The number of benzene rings is 2. The van der Waals surface area contributed by atoms with Crippen LogP contribution < -0.4 is 5.43 Å². The molecular weight excluding hydrogens is 556 g/mol. The van der Waals surface area contributed by atoms with Crippen LogP contribution in [0.3, 0.4) is 0 Å². The minimum Gasteiger partial charge on any atom is -0.272 e. The van der Waals surface area contributed by atoms with Gasteiger partial charge in [0.2, 0.25) is 0 Å². The van der Waals surface area contributed by atoms with Crippen LogP contribution >= 0.6 is 43.6 Å². The maximum atomic E-state index is 12.3. The van der Waals surface area contributed by atoms with Gasteiger partial charge in [0.15, 0.2) is 11.0 Å². The van der Waals surface area contributed by atoms with Crippen LogP contribution in [0.2, 0.25) is 0 Å². The van der Waals surface area contributed by atoms with Crippen LogP contribution in [0.4, 0.5) is 0 Å². The number of carbonyl (C=O) groups is 1. The molecule has 0 radical (unpaired) electrons. The molecule has 4 rings (SSSR count). The van der Waals surface area contributed by atoms with Crippen molar-refractivity contribution in [2.45, 2.75) is 5.16 Å². The van der Waals surface area contributed by atoms with E-state index in [-0.39, 0.29) is 11.7 Å². The van der Waals surface area contributed by atoms with Crippen molar-refractivity contribution in [2.75, 3.05) is 5.75 Å². The average molecular weight is 572 g/mol. The molecule has 0 spiro atoms. The smallest absolute Gasteiger partial charge is 0.250 e. The second-order valence-electron chi connectivity index (χ2n) is 6.49. The molecule has 0 unspecified atom stereocenters. The number of hydrogen-bond donors (Lipinski definition) is 1. The van der Waals surface area contributed by atoms with Crippen LogP contribution in [0.1, 0.15) is 5.56 Å². The minimum atomic E-state index is -0.239. The predicted octanol–water partition coefficient (Wildman–Crippen LogP) is 5.10. The number of thioether (sulfide) groups is 1. The number of hydrazone groups is 1. The Labute approximate surface area is 205 Å². The van der Waals surface area contributed by atoms with Crippen molar-refractivity contribution >= 4 is 55.7 Å². The van der Waals surface area contributed by atoms with Crippen molar-refractivity contribution in [3.8, 4) is 17.1 Å². The van der Waals surface area contributed by atoms with E-state index in [1.807, 2.05) is 65.2 Å². The summed E-state index contributed by atoms with van der Waals surface area (Å²) in [6.07, 6.45) is 5.01. The fraction of sp³-hybridized carbons (Fsp3) is 0.0455. The van der Waals surface area contributed by atoms with Crippen molar-refractivity contribution < 1.29 is 4.79 Å². The second kappa shape index (κ2) is 10.7. The summed E-state index contributed by atoms with van der Waals surface area (Å²) >= 11 is 8.16. The molecule has 0 saturated heterocycles. The summed E-state index contributed by atoms with van der Waals surface area (Å²) < 4.78 is 3.84. The third-order valence-electron chi connectivity index (χ3n) is 4.24. The number of halogens is 2. The summed E-state index contributed by atoms with van der Waals surface area (Å²) in [6, 6.07) is 19.2. The molecule has 2 heterocycles. The Balaban J connectivity index is 1.50. The molecule has 1 N–H and O–H groups in total. The van der Waals surface area contributed by atoms with Crippen molar-refractivity contribution in [1.82, 2.24) is 25.2 Å². The lowest BCUT2D eigenvalue weighted by Crippen LogP contribution is -2.20. The number of carbonyl (C=O) groups excluding carboxylic acids is 1. The van der Waals surface area contributed by atoms with Gasteiger partial charge in [-0.25, -0.2) is 5.43 Å². The highest BCUT2D eigenvalue weighted by atomic mass is 79.9. The maximum Gasteiger partial charge on any atom is 0.250 e. The van der Waals surface area contributed by atoms with Crippen LogP contribution in [0.25, 0.3) is 17.1 Å². The summed E-state index contributed by atoms with van der Waals surface area (Å²) in [7, 11) is 0. The Morgan fingerprint density at radius 1 is 1.03 bits per heavy atom. The van der Waals surface area contributed by atoms with E-state index in [0.717, 1.165) is 25.8 Å². The molecule has 10 heteroatoms. The third kappa shape index (κ3) is 5.70. The lowest BCUT2D eigenvalue weighted by molar-refractivity contribution is -0.118. The first-order valence-corrected chi connectivity index (χ1v) is 12.0. The first-order valence-electron chi connectivity index (χ1n) is 9.42. The molecule has 0 bridgehead atoms. The molecule has 0 aliphatic heterocycles. The summed E-state index contributed by atoms with van der Waals surface area (Å²) in [5.74, 6) is 0.572. The van der Waals surface area contributed by atoms with E-state index >= 15 is 0 Å². The van der Waals surface area contributed by atoms with Gasteiger partial charge >= 0.3 is 0 Å². The molecule has 32 heavy (non-hydrogen) atoms. The van der Waals surface area contributed by atoms with Gasteiger partial charge in [-0.15, -0.1) is 10.2 Å². The molecule has 0 aliphatic rings. The van der Waals surface area contributed by atoms with Crippen molar-refractivity contribution in [3.63, 3.8) is 0 Å². The topological polar surface area (TPSA) is 85.1 Å². The van der Waals surface area contributed by atoms with Gasteiger partial charge in [0.1, 0.15) is 0 Å². The van der Waals surface area contributed by atoms with E-state index in [4.69, 9.17) is 0 Å². The van der Waals surface area contributed by atoms with E-state index < -0.39 is 0 Å². The number of aromatic nitrogens is 4. The SMILES string of the molecule is O=C(CSc1nnc(-c2ccncc2)n1-c1ccc(Br)cc1)N/N=C/c1cccc(Br)c1. The molecular formula is C22H16Br2N6OS. The lowest BCUT2D eigenvalue weighted by Gasteiger charge is -2.10. The minimum absolute atomic E-state index is 0.140. The number of hydrogen-bond acceptors (Lipinski definition) is 6. The standard InChI is InChI=1S/C22H16Br2N6OS/c23-17-4-6-19(7-5-17)30-21(16-8-10-25-11-9-16)28-29-22(30)32-14-20(31)27-26-13-15-2-1-3-18(24)12-15/h1-13H,14H2,(H,27,31)/b26-13+. The molecule has 2 aromatic carbocycles. The Morgan fingerprint density at radius 2 is 1.81 bits per heavy atom. The van der Waals surface area contributed by atoms with Crippen LogP contribution in [0.5, 0.6) is 0 Å². The van der Waals surface area contributed by atoms with Gasteiger partial charge in [-0.3, -0.25) is 14.3 Å². The van der Waals surface area contributed by atoms with E-state index in [1.165, 1.54) is 11.8 Å². The first kappa shape index (κ1) is 22.4. The second-order valence-corrected chi connectivity index (χ2v) is 9.26. The number of amides is 1. The summed E-state index contributed by atoms with van der Waals surface area (Å²) in [5, 5.41) is 13.3. The van der Waals surface area contributed by atoms with E-state index in [2.05, 4.69) is 57.6 Å². The zero-order valence-corrected chi connectivity index (χ0v) is 20.5. The monoisotopic (exact) mass is 570 g/mol. The maximum absolute atomic E-state index is 12.3. The largest absolute Gasteiger partial charge is 0.272 e. The van der Waals surface area contributed by atoms with E-state index in [9.17, 15) is 4.79 Å². The van der Waals surface area contributed by atoms with Gasteiger partial charge in [-0.2, -0.15) is 5.10 Å². The summed E-state index contributed by atoms with van der Waals surface area (Å²) in [6.45, 7) is 0. The normalized spacial score (nSPS) is 11.1. The van der Waals surface area contributed by atoms with Gasteiger partial charge in [-0.1, -0.05) is 55.8 Å². The molecule has 160 valence electrons. The zero-order valence-electron chi connectivity index (χ0n) is 16.5. The third-order valence-corrected chi connectivity index (χ3v) is 6.19. The molecule has 0 aliphatic carbocycles. The quantitative estimate of drug-likeness (QED) is 0.189. The number of rotatable bonds is 7. The molecule has 0 atom stereocenters. The van der Waals surface area contributed by atoms with Gasteiger partial charge in [0.05, 0.1) is 12.0 Å². The highest BCUT2D eigenvalue weighted by Gasteiger charge is 2.17. The van der Waals surface area contributed by atoms with Gasteiger partial charge < -0.3 is 0 Å². The molecule has 0 fully saturated rings. The first-order chi connectivity index (χ1) is 15.6.